The van der Waals surface area contributed by atoms with E-state index in [4.69, 9.17) is 22.9 Å². The number of para-hydroxylation sites is 2. The molecule has 15 atom stereocenters. The number of unbranched alkanes of at least 4 members (excludes halogenated alkanes) is 2. The van der Waals surface area contributed by atoms with Crippen molar-refractivity contribution in [3.63, 3.8) is 0 Å². The van der Waals surface area contributed by atoms with E-state index in [-0.39, 0.29) is 128 Å². The molecule has 710 valence electrons. The number of carboxylic acids is 1. The quantitative estimate of drug-likeness (QED) is 0.0413. The van der Waals surface area contributed by atoms with Gasteiger partial charge in [0.2, 0.25) is 88.6 Å². The minimum Gasteiger partial charge on any atom is -0.480 e. The van der Waals surface area contributed by atoms with E-state index in [9.17, 15) is 53.0 Å². The Kier molecular flexibility index (Phi) is 37.6. The molecule has 0 spiro atoms. The molecule has 4 fully saturated rings. The van der Waals surface area contributed by atoms with Gasteiger partial charge in [-0.05, 0) is 136 Å². The second-order valence-corrected chi connectivity index (χ2v) is 35.4. The number of aromatic nitrogens is 2. The molecular weight excluding hydrogens is 1680 g/mol. The summed E-state index contributed by atoms with van der Waals surface area (Å²) in [6.07, 6.45) is 2.74. The molecule has 6 heterocycles. The monoisotopic (exact) mass is 1810 g/mol. The van der Waals surface area contributed by atoms with Gasteiger partial charge in [0.25, 0.3) is 0 Å². The number of rotatable bonds is 23. The fourth-order valence-corrected chi connectivity index (χ4v) is 17.6. The molecule has 20 N–H and O–H groups in total. The molecule has 5 aromatic rings. The first-order chi connectivity index (χ1) is 61.9. The van der Waals surface area contributed by atoms with E-state index >= 15 is 38.4 Å². The molecule has 9 rings (SSSR count). The van der Waals surface area contributed by atoms with Gasteiger partial charge in [-0.15, -0.1) is 0 Å². The third kappa shape index (κ3) is 27.1. The lowest BCUT2D eigenvalue weighted by atomic mass is 9.97. The van der Waals surface area contributed by atoms with Gasteiger partial charge < -0.3 is 115 Å². The zero-order valence-corrected chi connectivity index (χ0v) is 75.5. The van der Waals surface area contributed by atoms with E-state index in [2.05, 4.69) is 52.8 Å². The number of aliphatic hydroxyl groups is 1. The Morgan fingerprint density at radius 3 is 1.68 bits per heavy atom. The van der Waals surface area contributed by atoms with Gasteiger partial charge >= 0.3 is 5.97 Å². The van der Waals surface area contributed by atoms with E-state index in [1.165, 1.54) is 51.7 Å². The van der Waals surface area contributed by atoms with Crippen LogP contribution in [0.4, 0.5) is 4.39 Å². The van der Waals surface area contributed by atoms with Crippen molar-refractivity contribution in [2.45, 2.75) is 274 Å². The van der Waals surface area contributed by atoms with Crippen molar-refractivity contribution in [3.8, 4) is 0 Å². The van der Waals surface area contributed by atoms with Gasteiger partial charge in [0.05, 0.1) is 18.6 Å². The molecular formula is C91H131FN20O18. The van der Waals surface area contributed by atoms with Crippen LogP contribution in [0.5, 0.6) is 0 Å². The Labute approximate surface area is 755 Å². The second-order valence-electron chi connectivity index (χ2n) is 35.4. The van der Waals surface area contributed by atoms with Crippen molar-refractivity contribution in [2.75, 3.05) is 53.4 Å². The van der Waals surface area contributed by atoms with Crippen LogP contribution in [0.15, 0.2) is 85.2 Å². The summed E-state index contributed by atoms with van der Waals surface area (Å²) in [5.41, 5.74) is 27.2. The van der Waals surface area contributed by atoms with E-state index in [1.807, 2.05) is 27.7 Å². The molecule has 15 amide bonds. The molecule has 0 saturated carbocycles. The minimum absolute atomic E-state index is 0.0137. The highest BCUT2D eigenvalue weighted by Crippen LogP contribution is 2.30. The molecule has 0 unspecified atom stereocenters. The smallest absolute Gasteiger partial charge is 0.323 e. The van der Waals surface area contributed by atoms with Crippen molar-refractivity contribution in [3.05, 3.63) is 108 Å². The van der Waals surface area contributed by atoms with Crippen LogP contribution in [0.1, 0.15) is 174 Å². The van der Waals surface area contributed by atoms with Gasteiger partial charge in [-0.1, -0.05) is 116 Å². The number of nitrogens with two attached hydrogens (primary N) is 4. The molecule has 0 aliphatic carbocycles. The third-order valence-corrected chi connectivity index (χ3v) is 24.6. The summed E-state index contributed by atoms with van der Waals surface area (Å²) in [6, 6.07) is -1.18. The summed E-state index contributed by atoms with van der Waals surface area (Å²) < 4.78 is 15.9. The van der Waals surface area contributed by atoms with E-state index in [0.717, 1.165) is 21.9 Å². The van der Waals surface area contributed by atoms with Crippen LogP contribution in [0.3, 0.4) is 0 Å². The number of hydrogen-bond acceptors (Lipinski definition) is 20. The highest BCUT2D eigenvalue weighted by Gasteiger charge is 2.47. The summed E-state index contributed by atoms with van der Waals surface area (Å²) in [5, 5.41) is 47.5. The van der Waals surface area contributed by atoms with Gasteiger partial charge in [-0.25, -0.2) is 4.39 Å². The number of hydrogen-bond donors (Lipinski definition) is 16. The summed E-state index contributed by atoms with van der Waals surface area (Å²) in [6.45, 7) is 9.00. The van der Waals surface area contributed by atoms with Crippen LogP contribution in [0.25, 0.3) is 21.8 Å². The Bertz CT molecular complexity index is 4850. The molecule has 39 heteroatoms. The number of nitrogens with one attached hydrogen (secondary N) is 10. The lowest BCUT2D eigenvalue weighted by Crippen LogP contribution is -2.62. The molecule has 0 radical (unpaired) electrons. The van der Waals surface area contributed by atoms with Crippen LogP contribution in [-0.4, -0.2) is 283 Å². The number of amides is 15. The predicted octanol–water partition coefficient (Wildman–Crippen LogP) is 0.133. The minimum atomic E-state index is -1.71. The number of piperidine rings is 1. The Balaban J connectivity index is 1.08. The molecule has 4 aliphatic heterocycles. The molecule has 130 heavy (non-hydrogen) atoms. The number of primary amides is 1. The molecule has 2 aromatic heterocycles. The fraction of sp³-hybridized carbons (Fsp3) is 0.582. The van der Waals surface area contributed by atoms with Crippen LogP contribution in [0, 0.1) is 17.7 Å². The first kappa shape index (κ1) is 102. The van der Waals surface area contributed by atoms with Gasteiger partial charge in [0, 0.05) is 107 Å². The number of carbonyl (C=O) groups is 16. The normalized spacial score (nSPS) is 26.0. The first-order valence-electron chi connectivity index (χ1n) is 45.3. The van der Waals surface area contributed by atoms with Crippen molar-refractivity contribution in [1.29, 1.82) is 0 Å². The summed E-state index contributed by atoms with van der Waals surface area (Å²) >= 11 is 0. The fourth-order valence-electron chi connectivity index (χ4n) is 17.6. The lowest BCUT2D eigenvalue weighted by molar-refractivity contribution is -0.149. The standard InChI is InChI=1S/C91H131FN20O18/c1-9-11-25-71-83(122)100-63(39-51(3)4)79(118)97-36-19-23-60(95)78(117)102-66(41-53-30-32-56(92)33-31-53)88(127)110-37-18-17-28-72(110)84(123)105-68(45-76(96)114)89(128)111-38-20-29-73(111)85(124)106-69(46-94)82(121)103-65(40-52(5)6)90(129)112-49-57(113)44-75(112)86(125)101-64(42-54-47-98-61-24-15-13-21-58(54)61)81(120)99-62(34-35-93)80(119)104-67(87(126)108(8)74(26-12-10-2)91(130)107(71)7)43-55-48-109(50-77(115)116)70-27-16-14-22-59(55)70/h13-16,21-22,24,27,30-33,47-48,51-52,57,60,62-69,71-75,98,113H,9-12,17-20,23,25-26,28-29,34-46,49-50,93-95H2,1-8H3,(H2,96,114)(H,97,118)(H,99,120)(H,100,122)(H,101,125)(H,102,117)(H,103,121)(H,104,119)(H,105,123)(H,106,124)(H,115,116)/t57-,60-,62+,63+,64+,65+,66+,67+,68+,69+,71+,72+,73+,74+,75+/m1/s1. The largest absolute Gasteiger partial charge is 0.480 e. The maximum atomic E-state index is 15.9. The highest BCUT2D eigenvalue weighted by atomic mass is 19.1. The zero-order valence-electron chi connectivity index (χ0n) is 75.5. The maximum absolute atomic E-state index is 15.9. The number of nitrogens with zero attached hydrogens (tertiary/aromatic N) is 6. The second kappa shape index (κ2) is 48.1. The zero-order chi connectivity index (χ0) is 94.9. The number of aliphatic carboxylic acids is 1. The number of carboxylic acid groups (broad SMARTS) is 1. The number of carbonyl (C=O) groups excluding carboxylic acids is 15. The molecule has 4 aliphatic rings. The van der Waals surface area contributed by atoms with Crippen molar-refractivity contribution < 1.29 is 91.3 Å². The Morgan fingerprint density at radius 2 is 1.03 bits per heavy atom. The number of aliphatic hydroxyl groups excluding tert-OH is 1. The number of benzene rings is 3. The summed E-state index contributed by atoms with van der Waals surface area (Å²) in [7, 11) is 2.80. The molecule has 0 bridgehead atoms. The van der Waals surface area contributed by atoms with Crippen molar-refractivity contribution in [2.24, 2.45) is 34.8 Å². The van der Waals surface area contributed by atoms with E-state index < -0.39 is 217 Å². The predicted molar refractivity (Wildman–Crippen MR) is 479 cm³/mol. The van der Waals surface area contributed by atoms with E-state index in [1.54, 1.807) is 68.6 Å². The number of halogens is 1. The van der Waals surface area contributed by atoms with Gasteiger partial charge in [0.1, 0.15) is 90.9 Å². The highest BCUT2D eigenvalue weighted by molar-refractivity contribution is 6.02. The van der Waals surface area contributed by atoms with Crippen LogP contribution in [-0.2, 0) is 103 Å². The average Bonchev–Trinajstić information content (AvgIpc) is 1.64. The first-order valence-corrected chi connectivity index (χ1v) is 45.3. The van der Waals surface area contributed by atoms with Gasteiger partial charge in [-0.2, -0.15) is 0 Å². The van der Waals surface area contributed by atoms with Crippen molar-refractivity contribution in [1.82, 2.24) is 81.9 Å². The SMILES string of the molecule is CCCC[C@H]1C(=O)N(C)[C@@H](CCCC)C(=O)N[C@@H](CC(C)C)C(=O)NCCC[C@@H](N)C(=O)N[C@@H](Cc2ccc(F)cc2)C(=O)N2CCCC[C@H]2C(=O)N[C@@H](CC(N)=O)C(=O)N2CCC[C@H]2C(=O)N[C@@H](CN)C(=O)N[C@@H](CC(C)C)C(=O)N2C[C@H](O)C[C@H]2C(=O)N[C@@H](Cc2c[nH]c3ccccc23)C(=O)N[C@@H](CCN)C(=O)N[C@@H](Cc2cn(CC(=O)O)c3ccccc23)C(=O)N1C. The Hall–Kier alpha value is -12.0. The van der Waals surface area contributed by atoms with Crippen LogP contribution >= 0.6 is 0 Å². The summed E-state index contributed by atoms with van der Waals surface area (Å²) in [5.74, 6) is -15.1. The van der Waals surface area contributed by atoms with Crippen LogP contribution in [0.2, 0.25) is 0 Å². The lowest BCUT2D eigenvalue weighted by Gasteiger charge is -2.38. The number of aromatic amines is 1. The maximum Gasteiger partial charge on any atom is 0.323 e. The van der Waals surface area contributed by atoms with Crippen LogP contribution < -0.4 is 70.8 Å². The molecule has 4 saturated heterocycles. The molecule has 38 nitrogen and oxygen atoms in total. The van der Waals surface area contributed by atoms with Gasteiger partial charge in [-0.3, -0.25) is 76.7 Å². The Morgan fingerprint density at radius 1 is 0.508 bits per heavy atom. The summed E-state index contributed by atoms with van der Waals surface area (Å²) in [4.78, 5) is 245. The topological polar surface area (TPSA) is 563 Å². The number of likely N-dealkylation sites (N-methyl/N-ethyl adjacent to an activating group) is 2. The molecule has 3 aromatic carbocycles. The van der Waals surface area contributed by atoms with Crippen molar-refractivity contribution >= 4 is 116 Å². The number of H-pyrrole nitrogens is 1. The average molecular weight is 1810 g/mol. The third-order valence-electron chi connectivity index (χ3n) is 24.6. The van der Waals surface area contributed by atoms with Gasteiger partial charge in [0.15, 0.2) is 0 Å². The number of fused-ring (bicyclic) bond motifs is 5. The van der Waals surface area contributed by atoms with E-state index in [0.29, 0.717) is 77.0 Å².